The summed E-state index contributed by atoms with van der Waals surface area (Å²) in [6.07, 6.45) is 1.89. The lowest BCUT2D eigenvalue weighted by Gasteiger charge is -1.99. The van der Waals surface area contributed by atoms with Crippen LogP contribution in [0.4, 0.5) is 0 Å². The van der Waals surface area contributed by atoms with Gasteiger partial charge in [-0.05, 0) is 18.9 Å². The van der Waals surface area contributed by atoms with Crippen LogP contribution in [0.25, 0.3) is 11.1 Å². The molecule has 0 bridgehead atoms. The molecule has 80 valence electrons. The highest BCUT2D eigenvalue weighted by Gasteiger charge is 2.12. The predicted molar refractivity (Wildman–Crippen MR) is 58.0 cm³/mol. The standard InChI is InChI=1S/C11H14N2O2/c1-4-5-8-6-9(14)15-11-10(8)7(2)12-13(11)3/h6H,4-5H2,1-3H3. The Labute approximate surface area is 87.5 Å². The summed E-state index contributed by atoms with van der Waals surface area (Å²) >= 11 is 0. The van der Waals surface area contributed by atoms with Gasteiger partial charge in [-0.1, -0.05) is 13.3 Å². The molecule has 0 aliphatic carbocycles. The maximum atomic E-state index is 11.3. The molecule has 0 N–H and O–H groups in total. The topological polar surface area (TPSA) is 48.0 Å². The molecule has 2 rings (SSSR count). The van der Waals surface area contributed by atoms with Crippen molar-refractivity contribution in [1.29, 1.82) is 0 Å². The van der Waals surface area contributed by atoms with Crippen molar-refractivity contribution < 1.29 is 4.42 Å². The average molecular weight is 206 g/mol. The van der Waals surface area contributed by atoms with Crippen LogP contribution in [0.5, 0.6) is 0 Å². The third kappa shape index (κ3) is 1.56. The molecule has 0 atom stereocenters. The summed E-state index contributed by atoms with van der Waals surface area (Å²) in [7, 11) is 1.79. The van der Waals surface area contributed by atoms with Crippen LogP contribution in [0.1, 0.15) is 24.6 Å². The van der Waals surface area contributed by atoms with Crippen LogP contribution in [-0.4, -0.2) is 9.78 Å². The highest BCUT2D eigenvalue weighted by molar-refractivity contribution is 5.80. The first kappa shape index (κ1) is 9.96. The molecule has 2 aromatic rings. The molecule has 4 nitrogen and oxygen atoms in total. The van der Waals surface area contributed by atoms with Crippen molar-refractivity contribution in [2.24, 2.45) is 7.05 Å². The molecule has 0 saturated carbocycles. The number of nitrogens with zero attached hydrogens (tertiary/aromatic N) is 2. The molecule has 0 radical (unpaired) electrons. The van der Waals surface area contributed by atoms with E-state index in [9.17, 15) is 4.79 Å². The van der Waals surface area contributed by atoms with E-state index in [1.807, 2.05) is 6.92 Å². The summed E-state index contributed by atoms with van der Waals surface area (Å²) in [6, 6.07) is 1.57. The van der Waals surface area contributed by atoms with E-state index in [-0.39, 0.29) is 5.63 Å². The summed E-state index contributed by atoms with van der Waals surface area (Å²) in [5.74, 6) is 0. The Kier molecular flexibility index (Phi) is 2.34. The van der Waals surface area contributed by atoms with E-state index in [4.69, 9.17) is 4.42 Å². The highest BCUT2D eigenvalue weighted by atomic mass is 16.4. The normalized spacial score (nSPS) is 11.1. The van der Waals surface area contributed by atoms with E-state index in [1.165, 1.54) is 0 Å². The maximum absolute atomic E-state index is 11.3. The minimum atomic E-state index is -0.297. The van der Waals surface area contributed by atoms with Gasteiger partial charge in [-0.15, -0.1) is 0 Å². The van der Waals surface area contributed by atoms with E-state index < -0.39 is 0 Å². The Bertz CT molecular complexity index is 551. The molecule has 0 aromatic carbocycles. The number of aryl methyl sites for hydroxylation is 3. The lowest BCUT2D eigenvalue weighted by atomic mass is 10.1. The van der Waals surface area contributed by atoms with Crippen molar-refractivity contribution in [3.63, 3.8) is 0 Å². The van der Waals surface area contributed by atoms with Crippen molar-refractivity contribution in [3.05, 3.63) is 27.7 Å². The molecule has 0 fully saturated rings. The molecule has 0 unspecified atom stereocenters. The van der Waals surface area contributed by atoms with Gasteiger partial charge in [-0.25, -0.2) is 9.48 Å². The third-order valence-electron chi connectivity index (χ3n) is 2.50. The second-order valence-corrected chi connectivity index (χ2v) is 3.73. The SMILES string of the molecule is CCCc1cc(=O)oc2c1c(C)nn2C. The van der Waals surface area contributed by atoms with E-state index in [0.29, 0.717) is 5.71 Å². The number of hydrogen-bond acceptors (Lipinski definition) is 3. The van der Waals surface area contributed by atoms with Crippen molar-refractivity contribution >= 4 is 11.1 Å². The van der Waals surface area contributed by atoms with Crippen molar-refractivity contribution in [2.75, 3.05) is 0 Å². The summed E-state index contributed by atoms with van der Waals surface area (Å²) in [6.45, 7) is 4.02. The third-order valence-corrected chi connectivity index (χ3v) is 2.50. The van der Waals surface area contributed by atoms with Crippen LogP contribution >= 0.6 is 0 Å². The first-order chi connectivity index (χ1) is 7.13. The summed E-state index contributed by atoms with van der Waals surface area (Å²) in [5, 5.41) is 5.24. The van der Waals surface area contributed by atoms with Crippen LogP contribution < -0.4 is 5.63 Å². The van der Waals surface area contributed by atoms with Crippen molar-refractivity contribution in [2.45, 2.75) is 26.7 Å². The zero-order valence-corrected chi connectivity index (χ0v) is 9.20. The molecule has 0 aliphatic heterocycles. The van der Waals surface area contributed by atoms with Gasteiger partial charge in [-0.2, -0.15) is 5.10 Å². The van der Waals surface area contributed by atoms with E-state index in [1.54, 1.807) is 17.8 Å². The average Bonchev–Trinajstić information content (AvgIpc) is 2.42. The first-order valence-electron chi connectivity index (χ1n) is 5.09. The van der Waals surface area contributed by atoms with Gasteiger partial charge < -0.3 is 4.42 Å². The van der Waals surface area contributed by atoms with E-state index in [0.717, 1.165) is 29.5 Å². The summed E-state index contributed by atoms with van der Waals surface area (Å²) in [4.78, 5) is 11.3. The van der Waals surface area contributed by atoms with Crippen LogP contribution in [0.3, 0.4) is 0 Å². The van der Waals surface area contributed by atoms with Crippen molar-refractivity contribution in [1.82, 2.24) is 9.78 Å². The molecule has 0 saturated heterocycles. The Morgan fingerprint density at radius 2 is 2.27 bits per heavy atom. The molecule has 2 aromatic heterocycles. The van der Waals surface area contributed by atoms with Gasteiger partial charge in [0, 0.05) is 13.1 Å². The molecule has 2 heterocycles. The maximum Gasteiger partial charge on any atom is 0.337 e. The number of rotatable bonds is 2. The largest absolute Gasteiger partial charge is 0.404 e. The Morgan fingerprint density at radius 3 is 2.93 bits per heavy atom. The number of fused-ring (bicyclic) bond motifs is 1. The van der Waals surface area contributed by atoms with E-state index in [2.05, 4.69) is 12.0 Å². The van der Waals surface area contributed by atoms with Crippen molar-refractivity contribution in [3.8, 4) is 0 Å². The highest BCUT2D eigenvalue weighted by Crippen LogP contribution is 2.20. The van der Waals surface area contributed by atoms with Crippen LogP contribution in [0.15, 0.2) is 15.3 Å². The van der Waals surface area contributed by atoms with Gasteiger partial charge in [0.05, 0.1) is 11.1 Å². The van der Waals surface area contributed by atoms with Crippen LogP contribution in [-0.2, 0) is 13.5 Å². The number of aromatic nitrogens is 2. The second-order valence-electron chi connectivity index (χ2n) is 3.73. The van der Waals surface area contributed by atoms with Gasteiger partial charge in [0.1, 0.15) is 0 Å². The smallest absolute Gasteiger partial charge is 0.337 e. The molecular formula is C11H14N2O2. The lowest BCUT2D eigenvalue weighted by Crippen LogP contribution is -2.01. The molecule has 0 amide bonds. The minimum Gasteiger partial charge on any atom is -0.404 e. The van der Waals surface area contributed by atoms with Gasteiger partial charge in [0.2, 0.25) is 5.71 Å². The summed E-state index contributed by atoms with van der Waals surface area (Å²) in [5.41, 5.74) is 2.23. The minimum absolute atomic E-state index is 0.297. The van der Waals surface area contributed by atoms with Gasteiger partial charge in [-0.3, -0.25) is 0 Å². The fourth-order valence-electron chi connectivity index (χ4n) is 1.93. The number of hydrogen-bond donors (Lipinski definition) is 0. The molecule has 4 heteroatoms. The lowest BCUT2D eigenvalue weighted by molar-refractivity contribution is 0.522. The fourth-order valence-corrected chi connectivity index (χ4v) is 1.93. The van der Waals surface area contributed by atoms with Crippen LogP contribution in [0.2, 0.25) is 0 Å². The molecule has 15 heavy (non-hydrogen) atoms. The zero-order valence-electron chi connectivity index (χ0n) is 9.20. The Hall–Kier alpha value is -1.58. The molecule has 0 aliphatic rings. The first-order valence-corrected chi connectivity index (χ1v) is 5.09. The predicted octanol–water partition coefficient (Wildman–Crippen LogP) is 1.79. The van der Waals surface area contributed by atoms with Gasteiger partial charge >= 0.3 is 5.63 Å². The Morgan fingerprint density at radius 1 is 1.53 bits per heavy atom. The fraction of sp³-hybridized carbons (Fsp3) is 0.455. The zero-order chi connectivity index (χ0) is 11.0. The second kappa shape index (κ2) is 3.53. The van der Waals surface area contributed by atoms with Gasteiger partial charge in [0.15, 0.2) is 0 Å². The Balaban J connectivity index is 2.83. The quantitative estimate of drug-likeness (QED) is 0.752. The molecule has 0 spiro atoms. The van der Waals surface area contributed by atoms with Gasteiger partial charge in [0.25, 0.3) is 0 Å². The van der Waals surface area contributed by atoms with E-state index >= 15 is 0 Å². The summed E-state index contributed by atoms with van der Waals surface area (Å²) < 4.78 is 6.76. The monoisotopic (exact) mass is 206 g/mol. The molecular weight excluding hydrogens is 192 g/mol. The van der Waals surface area contributed by atoms with Crippen LogP contribution in [0, 0.1) is 6.92 Å².